The van der Waals surface area contributed by atoms with E-state index in [-0.39, 0.29) is 24.0 Å². The fraction of sp³-hybridized carbons (Fsp3) is 0.571. The van der Waals surface area contributed by atoms with Crippen molar-refractivity contribution in [1.82, 2.24) is 0 Å². The maximum atomic E-state index is 12.1. The number of hydrogen-bond donors (Lipinski definition) is 0. The Morgan fingerprint density at radius 1 is 1.38 bits per heavy atom. The third-order valence-corrected chi connectivity index (χ3v) is 3.18. The number of ether oxygens (including phenoxy) is 4. The molecule has 0 aliphatic carbocycles. The molecular weight excluding hydrogens is 280 g/mol. The second-order valence-electron chi connectivity index (χ2n) is 4.74. The Morgan fingerprint density at radius 3 is 2.67 bits per heavy atom. The molecule has 2 heterocycles. The van der Waals surface area contributed by atoms with Gasteiger partial charge in [0.05, 0.1) is 18.8 Å². The molecule has 1 aromatic rings. The SMILES string of the molecule is COc1c2c(oc(=O)c1COC(C)=O)C[C@@H](C)O[C@@H]2OC. The number of carbonyl (C=O) groups is 1. The molecule has 0 amide bonds. The predicted molar refractivity (Wildman–Crippen MR) is 71.0 cm³/mol. The fourth-order valence-electron chi connectivity index (χ4n) is 2.29. The Kier molecular flexibility index (Phi) is 4.64. The van der Waals surface area contributed by atoms with Crippen LogP contribution in [-0.4, -0.2) is 26.3 Å². The molecule has 0 aromatic carbocycles. The predicted octanol–water partition coefficient (Wildman–Crippen LogP) is 1.32. The lowest BCUT2D eigenvalue weighted by molar-refractivity contribution is -0.167. The van der Waals surface area contributed by atoms with Crippen LogP contribution in [0.2, 0.25) is 0 Å². The molecule has 0 bridgehead atoms. The highest BCUT2D eigenvalue weighted by atomic mass is 16.7. The van der Waals surface area contributed by atoms with Gasteiger partial charge in [-0.1, -0.05) is 0 Å². The quantitative estimate of drug-likeness (QED) is 0.775. The summed E-state index contributed by atoms with van der Waals surface area (Å²) in [5, 5.41) is 0. The molecule has 1 aromatic heterocycles. The van der Waals surface area contributed by atoms with Crippen LogP contribution in [0.25, 0.3) is 0 Å². The monoisotopic (exact) mass is 298 g/mol. The zero-order valence-corrected chi connectivity index (χ0v) is 12.4. The van der Waals surface area contributed by atoms with Gasteiger partial charge in [0.15, 0.2) is 6.29 Å². The van der Waals surface area contributed by atoms with Crippen LogP contribution in [0.4, 0.5) is 0 Å². The molecular formula is C14H18O7. The molecule has 0 N–H and O–H groups in total. The first-order valence-corrected chi connectivity index (χ1v) is 6.52. The Bertz CT molecular complexity index is 590. The van der Waals surface area contributed by atoms with Gasteiger partial charge in [0.25, 0.3) is 0 Å². The Balaban J connectivity index is 2.54. The van der Waals surface area contributed by atoms with Gasteiger partial charge in [0.1, 0.15) is 23.7 Å². The van der Waals surface area contributed by atoms with Gasteiger partial charge in [-0.3, -0.25) is 4.79 Å². The smallest absolute Gasteiger partial charge is 0.346 e. The largest absolute Gasteiger partial charge is 0.495 e. The standard InChI is InChI=1S/C14H18O7/c1-7-5-10-11(14(18-4)20-7)12(17-3)9(13(16)21-10)6-19-8(2)15/h7,14H,5-6H2,1-4H3/t7-,14+/m1/s1. The van der Waals surface area contributed by atoms with Crippen LogP contribution in [0.1, 0.15) is 37.0 Å². The van der Waals surface area contributed by atoms with Crippen molar-refractivity contribution < 1.29 is 28.2 Å². The van der Waals surface area contributed by atoms with Crippen LogP contribution < -0.4 is 10.4 Å². The van der Waals surface area contributed by atoms with Crippen molar-refractivity contribution in [3.8, 4) is 5.75 Å². The molecule has 7 heteroatoms. The van der Waals surface area contributed by atoms with E-state index in [4.69, 9.17) is 23.4 Å². The Morgan fingerprint density at radius 2 is 2.10 bits per heavy atom. The Labute approximate surface area is 121 Å². The molecule has 0 spiro atoms. The van der Waals surface area contributed by atoms with Crippen LogP contribution in [-0.2, 0) is 32.0 Å². The van der Waals surface area contributed by atoms with E-state index < -0.39 is 17.9 Å². The summed E-state index contributed by atoms with van der Waals surface area (Å²) in [6, 6.07) is 0. The van der Waals surface area contributed by atoms with E-state index in [1.54, 1.807) is 0 Å². The Hall–Kier alpha value is -1.86. The lowest BCUT2D eigenvalue weighted by Crippen LogP contribution is -2.28. The summed E-state index contributed by atoms with van der Waals surface area (Å²) in [5.41, 5.74) is 0.0716. The zero-order chi connectivity index (χ0) is 15.6. The number of esters is 1. The topological polar surface area (TPSA) is 84.2 Å². The first-order valence-electron chi connectivity index (χ1n) is 6.52. The highest BCUT2D eigenvalue weighted by Gasteiger charge is 2.33. The third kappa shape index (κ3) is 3.08. The summed E-state index contributed by atoms with van der Waals surface area (Å²) in [5.74, 6) is 0.248. The van der Waals surface area contributed by atoms with E-state index in [1.807, 2.05) is 6.92 Å². The van der Waals surface area contributed by atoms with E-state index in [0.717, 1.165) is 0 Å². The molecule has 21 heavy (non-hydrogen) atoms. The summed E-state index contributed by atoms with van der Waals surface area (Å²) in [7, 11) is 2.92. The summed E-state index contributed by atoms with van der Waals surface area (Å²) in [6.45, 7) is 2.89. The van der Waals surface area contributed by atoms with Gasteiger partial charge in [-0.2, -0.15) is 0 Å². The van der Waals surface area contributed by atoms with Crippen molar-refractivity contribution in [2.75, 3.05) is 14.2 Å². The maximum absolute atomic E-state index is 12.1. The van der Waals surface area contributed by atoms with Crippen molar-refractivity contribution in [3.63, 3.8) is 0 Å². The van der Waals surface area contributed by atoms with Gasteiger partial charge < -0.3 is 23.4 Å². The highest BCUT2D eigenvalue weighted by Crippen LogP contribution is 2.38. The molecule has 2 rings (SSSR count). The number of fused-ring (bicyclic) bond motifs is 1. The third-order valence-electron chi connectivity index (χ3n) is 3.18. The molecule has 1 aliphatic heterocycles. The van der Waals surface area contributed by atoms with Crippen LogP contribution in [0, 0.1) is 0 Å². The van der Waals surface area contributed by atoms with Gasteiger partial charge in [-0.05, 0) is 6.92 Å². The molecule has 2 atom stereocenters. The second-order valence-corrected chi connectivity index (χ2v) is 4.74. The molecule has 1 aliphatic rings. The summed E-state index contributed by atoms with van der Waals surface area (Å²) >= 11 is 0. The van der Waals surface area contributed by atoms with Crippen molar-refractivity contribution in [2.24, 2.45) is 0 Å². The molecule has 0 fully saturated rings. The number of methoxy groups -OCH3 is 2. The number of rotatable bonds is 4. The molecule has 0 unspecified atom stereocenters. The average molecular weight is 298 g/mol. The normalized spacial score (nSPS) is 20.8. The van der Waals surface area contributed by atoms with E-state index in [1.165, 1.54) is 21.1 Å². The molecule has 7 nitrogen and oxygen atoms in total. The van der Waals surface area contributed by atoms with Crippen LogP contribution in [0.5, 0.6) is 5.75 Å². The van der Waals surface area contributed by atoms with Crippen LogP contribution in [0.15, 0.2) is 9.21 Å². The highest BCUT2D eigenvalue weighted by molar-refractivity contribution is 5.66. The number of hydrogen-bond acceptors (Lipinski definition) is 7. The first-order chi connectivity index (χ1) is 9.97. The van der Waals surface area contributed by atoms with E-state index >= 15 is 0 Å². The first kappa shape index (κ1) is 15.5. The van der Waals surface area contributed by atoms with Gasteiger partial charge in [0.2, 0.25) is 0 Å². The minimum Gasteiger partial charge on any atom is -0.495 e. The lowest BCUT2D eigenvalue weighted by Gasteiger charge is -2.29. The minimum absolute atomic E-state index is 0.131. The van der Waals surface area contributed by atoms with Crippen LogP contribution in [0.3, 0.4) is 0 Å². The molecule has 0 radical (unpaired) electrons. The van der Waals surface area contributed by atoms with Gasteiger partial charge in [-0.25, -0.2) is 4.79 Å². The van der Waals surface area contributed by atoms with Gasteiger partial charge in [0, 0.05) is 20.5 Å². The van der Waals surface area contributed by atoms with Crippen LogP contribution >= 0.6 is 0 Å². The summed E-state index contributed by atoms with van der Waals surface area (Å²) in [6.07, 6.45) is -0.400. The second kappa shape index (κ2) is 6.28. The molecule has 0 saturated carbocycles. The van der Waals surface area contributed by atoms with Crippen molar-refractivity contribution in [1.29, 1.82) is 0 Å². The number of carbonyl (C=O) groups excluding carboxylic acids is 1. The van der Waals surface area contributed by atoms with Crippen molar-refractivity contribution >= 4 is 5.97 Å². The maximum Gasteiger partial charge on any atom is 0.346 e. The minimum atomic E-state index is -0.695. The molecule has 0 saturated heterocycles. The van der Waals surface area contributed by atoms with E-state index in [2.05, 4.69) is 0 Å². The lowest BCUT2D eigenvalue weighted by atomic mass is 10.0. The van der Waals surface area contributed by atoms with Gasteiger partial charge >= 0.3 is 11.6 Å². The fourth-order valence-corrected chi connectivity index (χ4v) is 2.29. The van der Waals surface area contributed by atoms with Crippen molar-refractivity contribution in [3.05, 3.63) is 27.3 Å². The van der Waals surface area contributed by atoms with E-state index in [9.17, 15) is 9.59 Å². The average Bonchev–Trinajstić information content (AvgIpc) is 2.43. The molecule has 116 valence electrons. The van der Waals surface area contributed by atoms with Gasteiger partial charge in [-0.15, -0.1) is 0 Å². The summed E-state index contributed by atoms with van der Waals surface area (Å²) in [4.78, 5) is 23.0. The van der Waals surface area contributed by atoms with Crippen molar-refractivity contribution in [2.45, 2.75) is 39.3 Å². The zero-order valence-electron chi connectivity index (χ0n) is 12.4. The summed E-state index contributed by atoms with van der Waals surface area (Å²) < 4.78 is 26.4. The van der Waals surface area contributed by atoms with E-state index in [0.29, 0.717) is 17.7 Å².